The van der Waals surface area contributed by atoms with Crippen LogP contribution in [0.1, 0.15) is 101 Å². The van der Waals surface area contributed by atoms with E-state index in [1.165, 1.54) is 26.9 Å². The van der Waals surface area contributed by atoms with Gasteiger partial charge in [-0.25, -0.2) is 47.0 Å². The van der Waals surface area contributed by atoms with E-state index in [1.54, 1.807) is 14.2 Å². The molecule has 0 aromatic heterocycles. The van der Waals surface area contributed by atoms with Crippen LogP contribution in [0.4, 0.5) is 0 Å². The number of rotatable bonds is 24. The van der Waals surface area contributed by atoms with E-state index >= 15 is 0 Å². The quantitative estimate of drug-likeness (QED) is 0.0466. The number of hydrogen-bond donors (Lipinski definition) is 1. The van der Waals surface area contributed by atoms with Crippen molar-refractivity contribution in [3.8, 4) is 0 Å². The zero-order chi connectivity index (χ0) is 64.5. The Kier molecular flexibility index (Phi) is 33.5. The van der Waals surface area contributed by atoms with E-state index < -0.39 is 144 Å². The molecule has 0 spiro atoms. The molecule has 0 aliphatic carbocycles. The maximum absolute atomic E-state index is 11.5. The first kappa shape index (κ1) is 79.1. The fraction of sp³-hybridized carbons (Fsp3) is 1.00. The minimum Gasteiger partial charge on any atom is -0.748 e. The summed E-state index contributed by atoms with van der Waals surface area (Å²) in [5, 5.41) is 0. The molecule has 23 atom stereocenters. The van der Waals surface area contributed by atoms with Gasteiger partial charge in [-0.05, 0) is 49.9 Å². The standard InChI is InChI=1S/C15H28O24S5.2C10H20O2.C9H18O6S/c1-6-10(8(4-31-41(18,19)20)33-14(30-3)12(6)36-39-40(16)17)35-15-13(38-44(27,28)29)7(2)11(37-43(24,25)26)9(34-15)5-32-42(21,22)23;2*1-5-9-6-7(2)8(3)10(11-4)12-9;1-6-4-8(5-14-16(10,11)12)15-9(13-3)7(6)2/h6-15H,4-5H2,1-3H3,(H,16,17)(H,18,19,20)(H,21,22,23)(H,24,25,26)(H,27,28,29);2*7-10H,5-6H2,1-4H3;6-9H,4-5H2,1-3H3,(H,10,11,12)/p-5/t6?,7?,8?,9?,10-,11-,12?,13?,14+,15+;2*7-,8?,9?,10+;6?,7?,8?,9-/m0000/s1. The Morgan fingerprint density at radius 1 is 0.452 bits per heavy atom. The SMILES string of the molecule is CCC1C[C@H](C)C(C)[C@H](OC)O1.CCC1C[C@H](C)C(C)[C@H](OC)O1.CO[C@@H]1OC(COS(=O)(=O)[O-])[C@@H](O[C@H]2OC(COS(=O)(=O)[O-])[C@@H](OS(=O)(=O)O)C(C)C2OS(=O)(=O)[O-])C(C)C1OOS(=O)[O-].CO[C@H]1OC(COS(=O)(=O)[O-])CC(C)C1C. The van der Waals surface area contributed by atoms with Gasteiger partial charge in [-0.3, -0.25) is 21.3 Å². The molecule has 0 amide bonds. The van der Waals surface area contributed by atoms with E-state index in [1.807, 2.05) is 13.8 Å². The lowest BCUT2D eigenvalue weighted by Crippen LogP contribution is -2.62. The van der Waals surface area contributed by atoms with Gasteiger partial charge >= 0.3 is 10.4 Å². The van der Waals surface area contributed by atoms with Gasteiger partial charge < -0.3 is 70.1 Å². The Labute approximate surface area is 495 Å². The Balaban J connectivity index is 0.000000480. The van der Waals surface area contributed by atoms with Crippen molar-refractivity contribution in [2.75, 3.05) is 48.3 Å². The van der Waals surface area contributed by atoms with Gasteiger partial charge in [-0.15, -0.1) is 4.33 Å². The van der Waals surface area contributed by atoms with Crippen molar-refractivity contribution in [2.45, 2.75) is 188 Å². The average molecular weight is 1350 g/mol. The second-order valence-electron chi connectivity index (χ2n) is 20.6. The minimum atomic E-state index is -5.71. The first-order chi connectivity index (χ1) is 38.6. The van der Waals surface area contributed by atoms with Gasteiger partial charge in [-0.1, -0.05) is 69.2 Å². The van der Waals surface area contributed by atoms with Gasteiger partial charge in [0.15, 0.2) is 37.6 Å². The average Bonchev–Trinajstić information content (AvgIpc) is 2.70. The lowest BCUT2D eigenvalue weighted by molar-refractivity contribution is -0.379. The second-order valence-corrected chi connectivity index (χ2v) is 26.4. The number of methoxy groups -OCH3 is 4. The molecule has 0 radical (unpaired) electrons. The van der Waals surface area contributed by atoms with E-state index in [-0.39, 0.29) is 31.4 Å². The molecule has 5 fully saturated rings. The summed E-state index contributed by atoms with van der Waals surface area (Å²) in [6.45, 7) is 16.7. The van der Waals surface area contributed by atoms with Crippen LogP contribution in [0.15, 0.2) is 0 Å². The van der Waals surface area contributed by atoms with Gasteiger partial charge in [0.25, 0.3) is 0 Å². The largest absolute Gasteiger partial charge is 0.748 e. The fourth-order valence-corrected chi connectivity index (χ4v) is 11.8. The molecular weight excluding hydrogens is 1260 g/mol. The molecule has 5 heterocycles. The predicted molar refractivity (Wildman–Crippen MR) is 277 cm³/mol. The topological polar surface area (TPSA) is 480 Å². The molecular formula is C44H81O34S6-5. The van der Waals surface area contributed by atoms with Gasteiger partial charge in [0.2, 0.25) is 41.6 Å². The van der Waals surface area contributed by atoms with E-state index in [4.69, 9.17) is 52.3 Å². The molecule has 5 aliphatic rings. The first-order valence-electron chi connectivity index (χ1n) is 26.2. The molecule has 5 aliphatic heterocycles. The van der Waals surface area contributed by atoms with Crippen LogP contribution in [0.2, 0.25) is 0 Å². The van der Waals surface area contributed by atoms with Gasteiger partial charge in [-0.2, -0.15) is 8.42 Å². The van der Waals surface area contributed by atoms with Crippen LogP contribution in [0.5, 0.6) is 0 Å². The Morgan fingerprint density at radius 3 is 1.17 bits per heavy atom. The van der Waals surface area contributed by atoms with Gasteiger partial charge in [0.05, 0.1) is 44.2 Å². The van der Waals surface area contributed by atoms with E-state index in [0.29, 0.717) is 48.2 Å². The second kappa shape index (κ2) is 35.5. The summed E-state index contributed by atoms with van der Waals surface area (Å²) in [5.74, 6) is 0.000628. The van der Waals surface area contributed by atoms with Crippen LogP contribution < -0.4 is 0 Å². The van der Waals surface area contributed by atoms with Gasteiger partial charge in [0.1, 0.15) is 35.8 Å². The Bertz CT molecular complexity index is 2490. The Morgan fingerprint density at radius 2 is 0.810 bits per heavy atom. The molecule has 34 nitrogen and oxygen atoms in total. The van der Waals surface area contributed by atoms with Crippen LogP contribution in [0.3, 0.4) is 0 Å². The third-order valence-electron chi connectivity index (χ3n) is 14.8. The smallest absolute Gasteiger partial charge is 0.397 e. The summed E-state index contributed by atoms with van der Waals surface area (Å²) in [4.78, 5) is 4.75. The van der Waals surface area contributed by atoms with Crippen molar-refractivity contribution in [1.82, 2.24) is 0 Å². The molecule has 5 rings (SSSR count). The zero-order valence-electron chi connectivity index (χ0n) is 48.7. The van der Waals surface area contributed by atoms with Crippen molar-refractivity contribution in [1.29, 1.82) is 0 Å². The van der Waals surface area contributed by atoms with Crippen LogP contribution >= 0.6 is 0 Å². The number of hydrogen-bond acceptors (Lipinski definition) is 33. The molecule has 0 bridgehead atoms. The summed E-state index contributed by atoms with van der Waals surface area (Å²) in [7, 11) is -20.7. The van der Waals surface area contributed by atoms with Crippen molar-refractivity contribution in [2.24, 2.45) is 47.3 Å². The summed E-state index contributed by atoms with van der Waals surface area (Å²) in [6.07, 6.45) is -10.1. The molecule has 0 aromatic rings. The van der Waals surface area contributed by atoms with Crippen molar-refractivity contribution in [3.63, 3.8) is 0 Å². The van der Waals surface area contributed by atoms with E-state index in [9.17, 15) is 73.6 Å². The third-order valence-corrected chi connectivity index (χ3v) is 17.2. The van der Waals surface area contributed by atoms with Crippen molar-refractivity contribution in [3.05, 3.63) is 0 Å². The third kappa shape index (κ3) is 28.0. The van der Waals surface area contributed by atoms with Crippen LogP contribution in [-0.4, -0.2) is 208 Å². The molecule has 84 heavy (non-hydrogen) atoms. The highest BCUT2D eigenvalue weighted by molar-refractivity contribution is 7.81. The molecule has 14 unspecified atom stereocenters. The number of ether oxygens (including phenoxy) is 10. The maximum Gasteiger partial charge on any atom is 0.397 e. The molecule has 502 valence electrons. The Hall–Kier alpha value is -1.02. The van der Waals surface area contributed by atoms with E-state index in [0.717, 1.165) is 26.9 Å². The normalized spacial score (nSPS) is 37.5. The van der Waals surface area contributed by atoms with E-state index in [2.05, 4.69) is 66.8 Å². The molecule has 1 N–H and O–H groups in total. The van der Waals surface area contributed by atoms with Crippen molar-refractivity contribution < 1.29 is 151 Å². The minimum absolute atomic E-state index is 0.0127. The molecule has 0 aromatic carbocycles. The maximum atomic E-state index is 11.5. The summed E-state index contributed by atoms with van der Waals surface area (Å²) < 4.78 is 265. The molecule has 0 saturated carbocycles. The fourth-order valence-electron chi connectivity index (χ4n) is 9.61. The lowest BCUT2D eigenvalue weighted by atomic mass is 9.86. The van der Waals surface area contributed by atoms with Gasteiger partial charge in [0, 0.05) is 58.0 Å². The van der Waals surface area contributed by atoms with Crippen LogP contribution in [0.25, 0.3) is 0 Å². The zero-order valence-corrected chi connectivity index (χ0v) is 53.6. The summed E-state index contributed by atoms with van der Waals surface area (Å²) in [6, 6.07) is 0. The molecule has 5 saturated heterocycles. The molecule has 40 heteroatoms. The monoisotopic (exact) mass is 1350 g/mol. The van der Waals surface area contributed by atoms with Crippen LogP contribution in [0, 0.1) is 47.3 Å². The summed E-state index contributed by atoms with van der Waals surface area (Å²) in [5.41, 5.74) is 0. The highest BCUT2D eigenvalue weighted by Gasteiger charge is 2.53. The van der Waals surface area contributed by atoms with Crippen LogP contribution in [-0.2, 0) is 141 Å². The highest BCUT2D eigenvalue weighted by atomic mass is 32.3. The predicted octanol–water partition coefficient (Wildman–Crippen LogP) is 1.19. The lowest BCUT2D eigenvalue weighted by Gasteiger charge is -2.48. The summed E-state index contributed by atoms with van der Waals surface area (Å²) >= 11 is -3.28. The van der Waals surface area contributed by atoms with Crippen molar-refractivity contribution >= 4 is 63.4 Å². The highest BCUT2D eigenvalue weighted by Crippen LogP contribution is 2.39. The first-order valence-corrected chi connectivity index (χ1v) is 33.9.